The molecule has 0 unspecified atom stereocenters. The van der Waals surface area contributed by atoms with Crippen molar-refractivity contribution in [2.75, 3.05) is 7.11 Å². The second-order valence-corrected chi connectivity index (χ2v) is 4.87. The summed E-state index contributed by atoms with van der Waals surface area (Å²) in [4.78, 5) is 23.8. The molecule has 0 atom stereocenters. The fourth-order valence-electron chi connectivity index (χ4n) is 1.72. The molecular weight excluding hydrogens is 314 g/mol. The number of benzene rings is 2. The molecule has 2 aromatic rings. The van der Waals surface area contributed by atoms with Crippen molar-refractivity contribution in [3.05, 3.63) is 65.7 Å². The highest BCUT2D eigenvalue weighted by Gasteiger charge is 2.09. The molecule has 3 N–H and O–H groups in total. The number of amides is 2. The van der Waals surface area contributed by atoms with Gasteiger partial charge in [0.15, 0.2) is 5.11 Å². The van der Waals surface area contributed by atoms with Crippen molar-refractivity contribution >= 4 is 29.1 Å². The number of hydrogen-bond acceptors (Lipinski definition) is 4. The lowest BCUT2D eigenvalue weighted by atomic mass is 10.2. The first-order chi connectivity index (χ1) is 11.1. The molecular formula is C16H15N3O3S. The summed E-state index contributed by atoms with van der Waals surface area (Å²) in [5.74, 6) is -0.0943. The van der Waals surface area contributed by atoms with E-state index < -0.39 is 0 Å². The Morgan fingerprint density at radius 3 is 2.09 bits per heavy atom. The Balaban J connectivity index is 1.84. The van der Waals surface area contributed by atoms with Crippen molar-refractivity contribution < 1.29 is 14.3 Å². The first-order valence-corrected chi connectivity index (χ1v) is 7.12. The standard InChI is InChI=1S/C16H15N3O3S/c1-22-13-9-7-12(8-10-13)14(20)17-16(23)19-18-15(21)11-5-3-2-4-6-11/h2-10H,1H3,(H,18,21)(H2,17,19,20,23). The minimum absolute atomic E-state index is 0.00454. The van der Waals surface area contributed by atoms with Gasteiger partial charge in [0.25, 0.3) is 11.8 Å². The van der Waals surface area contributed by atoms with Crippen LogP contribution in [0.4, 0.5) is 0 Å². The van der Waals surface area contributed by atoms with Crippen LogP contribution in [0.1, 0.15) is 20.7 Å². The van der Waals surface area contributed by atoms with Crippen LogP contribution in [0.2, 0.25) is 0 Å². The van der Waals surface area contributed by atoms with Crippen LogP contribution in [-0.4, -0.2) is 24.0 Å². The molecule has 6 nitrogen and oxygen atoms in total. The third kappa shape index (κ3) is 4.79. The molecule has 0 bridgehead atoms. The number of carbonyl (C=O) groups excluding carboxylic acids is 2. The van der Waals surface area contributed by atoms with Gasteiger partial charge in [-0.1, -0.05) is 18.2 Å². The Labute approximate surface area is 138 Å². The van der Waals surface area contributed by atoms with Gasteiger partial charge in [0.2, 0.25) is 0 Å². The molecule has 2 amide bonds. The average Bonchev–Trinajstić information content (AvgIpc) is 2.60. The van der Waals surface area contributed by atoms with Gasteiger partial charge < -0.3 is 4.74 Å². The molecule has 0 saturated heterocycles. The number of methoxy groups -OCH3 is 1. The second-order valence-electron chi connectivity index (χ2n) is 4.46. The van der Waals surface area contributed by atoms with Crippen LogP contribution >= 0.6 is 12.2 Å². The van der Waals surface area contributed by atoms with Gasteiger partial charge in [-0.15, -0.1) is 0 Å². The van der Waals surface area contributed by atoms with E-state index in [0.717, 1.165) is 0 Å². The zero-order valence-corrected chi connectivity index (χ0v) is 13.1. The lowest BCUT2D eigenvalue weighted by Gasteiger charge is -2.11. The average molecular weight is 329 g/mol. The molecule has 7 heteroatoms. The number of hydrogen-bond donors (Lipinski definition) is 3. The summed E-state index contributed by atoms with van der Waals surface area (Å²) < 4.78 is 5.02. The number of ether oxygens (including phenoxy) is 1. The summed E-state index contributed by atoms with van der Waals surface area (Å²) in [7, 11) is 1.55. The van der Waals surface area contributed by atoms with E-state index in [1.165, 1.54) is 0 Å². The van der Waals surface area contributed by atoms with Crippen molar-refractivity contribution in [2.24, 2.45) is 0 Å². The zero-order chi connectivity index (χ0) is 16.7. The number of rotatable bonds is 3. The monoisotopic (exact) mass is 329 g/mol. The number of thiocarbonyl (C=S) groups is 1. The predicted octanol–water partition coefficient (Wildman–Crippen LogP) is 1.64. The molecule has 0 aliphatic carbocycles. The molecule has 0 aliphatic rings. The zero-order valence-electron chi connectivity index (χ0n) is 12.3. The molecule has 0 saturated carbocycles. The Morgan fingerprint density at radius 1 is 0.870 bits per heavy atom. The van der Waals surface area contributed by atoms with E-state index in [0.29, 0.717) is 16.9 Å². The lowest BCUT2D eigenvalue weighted by molar-refractivity contribution is 0.0934. The van der Waals surface area contributed by atoms with Crippen LogP contribution < -0.4 is 20.9 Å². The molecule has 0 heterocycles. The van der Waals surface area contributed by atoms with Crippen molar-refractivity contribution in [2.45, 2.75) is 0 Å². The summed E-state index contributed by atoms with van der Waals surface area (Å²) >= 11 is 4.96. The highest BCUT2D eigenvalue weighted by Crippen LogP contribution is 2.10. The molecule has 118 valence electrons. The van der Waals surface area contributed by atoms with Gasteiger partial charge in [0.1, 0.15) is 5.75 Å². The topological polar surface area (TPSA) is 79.5 Å². The van der Waals surface area contributed by atoms with Crippen LogP contribution in [0, 0.1) is 0 Å². The minimum Gasteiger partial charge on any atom is -0.497 e. The summed E-state index contributed by atoms with van der Waals surface area (Å²) in [6.07, 6.45) is 0. The fourth-order valence-corrected chi connectivity index (χ4v) is 1.87. The van der Waals surface area contributed by atoms with Gasteiger partial charge in [-0.25, -0.2) is 0 Å². The quantitative estimate of drug-likeness (QED) is 0.589. The maximum absolute atomic E-state index is 12.0. The van der Waals surface area contributed by atoms with E-state index in [2.05, 4.69) is 16.2 Å². The summed E-state index contributed by atoms with van der Waals surface area (Å²) in [5, 5.41) is 2.46. The number of carbonyl (C=O) groups is 2. The van der Waals surface area contributed by atoms with Crippen molar-refractivity contribution in [1.29, 1.82) is 0 Å². The lowest BCUT2D eigenvalue weighted by Crippen LogP contribution is -2.48. The summed E-state index contributed by atoms with van der Waals surface area (Å²) in [5.41, 5.74) is 5.79. The smallest absolute Gasteiger partial charge is 0.269 e. The van der Waals surface area contributed by atoms with Crippen LogP contribution in [0.3, 0.4) is 0 Å². The van der Waals surface area contributed by atoms with Crippen LogP contribution in [0.5, 0.6) is 5.75 Å². The molecule has 2 rings (SSSR count). The van der Waals surface area contributed by atoms with E-state index in [9.17, 15) is 9.59 Å². The minimum atomic E-state index is -0.390. The normalized spacial score (nSPS) is 9.61. The third-order valence-electron chi connectivity index (χ3n) is 2.90. The fraction of sp³-hybridized carbons (Fsp3) is 0.0625. The summed E-state index contributed by atoms with van der Waals surface area (Å²) in [6, 6.07) is 15.2. The van der Waals surface area contributed by atoms with Crippen LogP contribution in [0.15, 0.2) is 54.6 Å². The molecule has 23 heavy (non-hydrogen) atoms. The molecule has 0 spiro atoms. The van der Waals surface area contributed by atoms with Crippen LogP contribution in [0.25, 0.3) is 0 Å². The van der Waals surface area contributed by atoms with Gasteiger partial charge in [-0.3, -0.25) is 25.8 Å². The Bertz CT molecular complexity index is 702. The van der Waals surface area contributed by atoms with Crippen molar-refractivity contribution in [3.8, 4) is 5.75 Å². The van der Waals surface area contributed by atoms with Crippen molar-refractivity contribution in [3.63, 3.8) is 0 Å². The first-order valence-electron chi connectivity index (χ1n) is 6.71. The van der Waals surface area contributed by atoms with Gasteiger partial charge in [0, 0.05) is 11.1 Å². The Hall–Kier alpha value is -2.93. The Morgan fingerprint density at radius 2 is 1.48 bits per heavy atom. The highest BCUT2D eigenvalue weighted by molar-refractivity contribution is 7.80. The second kappa shape index (κ2) is 7.90. The largest absolute Gasteiger partial charge is 0.497 e. The maximum atomic E-state index is 12.0. The summed E-state index contributed by atoms with van der Waals surface area (Å²) in [6.45, 7) is 0. The maximum Gasteiger partial charge on any atom is 0.269 e. The van der Waals surface area contributed by atoms with E-state index in [1.54, 1.807) is 55.6 Å². The molecule has 0 aromatic heterocycles. The number of nitrogens with one attached hydrogen (secondary N) is 3. The van der Waals surface area contributed by atoms with E-state index >= 15 is 0 Å². The number of hydrazine groups is 1. The Kier molecular flexibility index (Phi) is 5.65. The van der Waals surface area contributed by atoms with E-state index in [4.69, 9.17) is 17.0 Å². The van der Waals surface area contributed by atoms with Gasteiger partial charge in [-0.05, 0) is 48.6 Å². The van der Waals surface area contributed by atoms with Gasteiger partial charge in [-0.2, -0.15) is 0 Å². The van der Waals surface area contributed by atoms with Gasteiger partial charge >= 0.3 is 0 Å². The van der Waals surface area contributed by atoms with Crippen LogP contribution in [-0.2, 0) is 0 Å². The molecule has 0 fully saturated rings. The van der Waals surface area contributed by atoms with E-state index in [1.807, 2.05) is 6.07 Å². The highest BCUT2D eigenvalue weighted by atomic mass is 32.1. The molecule has 0 aliphatic heterocycles. The first kappa shape index (κ1) is 16.4. The predicted molar refractivity (Wildman–Crippen MR) is 90.1 cm³/mol. The molecule has 0 radical (unpaired) electrons. The SMILES string of the molecule is COc1ccc(C(=O)NC(=S)NNC(=O)c2ccccc2)cc1. The van der Waals surface area contributed by atoms with E-state index in [-0.39, 0.29) is 16.9 Å². The third-order valence-corrected chi connectivity index (χ3v) is 3.11. The van der Waals surface area contributed by atoms with Crippen molar-refractivity contribution in [1.82, 2.24) is 16.2 Å². The van der Waals surface area contributed by atoms with Gasteiger partial charge in [0.05, 0.1) is 7.11 Å². The molecule has 2 aromatic carbocycles.